The Balaban J connectivity index is 0.00000113. The molecule has 1 N–H and O–H groups in total. The van der Waals surface area contributed by atoms with Crippen LogP contribution in [0.5, 0.6) is 0 Å². The Labute approximate surface area is 166 Å². The summed E-state index contributed by atoms with van der Waals surface area (Å²) in [7, 11) is 0. The van der Waals surface area contributed by atoms with Crippen molar-refractivity contribution in [1.82, 2.24) is 4.98 Å². The van der Waals surface area contributed by atoms with Gasteiger partial charge in [-0.3, -0.25) is 0 Å². The minimum absolute atomic E-state index is 0. The monoisotopic (exact) mass is 450 g/mol. The molecule has 0 saturated carbocycles. The Morgan fingerprint density at radius 3 is 2.36 bits per heavy atom. The number of hydrogen-bond donors (Lipinski definition) is 1. The average molecular weight is 453 g/mol. The van der Waals surface area contributed by atoms with Gasteiger partial charge in [-0.25, -0.2) is 0 Å². The summed E-state index contributed by atoms with van der Waals surface area (Å²) in [5.41, 5.74) is 4.19. The van der Waals surface area contributed by atoms with Crippen molar-refractivity contribution in [2.24, 2.45) is 0 Å². The Bertz CT molecular complexity index is 947. The van der Waals surface area contributed by atoms with E-state index in [0.29, 0.717) is 3.63 Å². The molecule has 1 heterocycles. The van der Waals surface area contributed by atoms with Gasteiger partial charge in [0.1, 0.15) is 0 Å². The van der Waals surface area contributed by atoms with Gasteiger partial charge in [0.15, 0.2) is 0 Å². The summed E-state index contributed by atoms with van der Waals surface area (Å²) in [5, 5.41) is 1.34. The van der Waals surface area contributed by atoms with Gasteiger partial charge < -0.3 is 0 Å². The normalized spacial score (nSPS) is 17.3. The number of hydrogen-bond acceptors (Lipinski definition) is 0. The molecule has 0 fully saturated rings. The number of halogens is 2. The fourth-order valence-corrected chi connectivity index (χ4v) is 13.0. The summed E-state index contributed by atoms with van der Waals surface area (Å²) in [4.78, 5) is 3.76. The number of H-pyrrole nitrogens is 1. The van der Waals surface area contributed by atoms with Gasteiger partial charge in [0, 0.05) is 0 Å². The molecule has 2 atom stereocenters. The first-order valence-electron chi connectivity index (χ1n) is 8.26. The third-order valence-corrected chi connectivity index (χ3v) is 18.4. The number of aromatic amines is 1. The Hall–Kier alpha value is -0.947. The minimum atomic E-state index is -2.75. The maximum Gasteiger partial charge on any atom is -0.147 e. The van der Waals surface area contributed by atoms with Crippen LogP contribution < -0.4 is 3.40 Å². The largest absolute Gasteiger partial charge is 0.147 e. The molecule has 1 nitrogen and oxygen atoms in total. The first-order chi connectivity index (χ1) is 11.1. The summed E-state index contributed by atoms with van der Waals surface area (Å²) in [6.45, 7) is 4.69. The van der Waals surface area contributed by atoms with E-state index in [-0.39, 0.29) is 24.8 Å². The molecule has 0 amide bonds. The van der Waals surface area contributed by atoms with Crippen LogP contribution in [0.3, 0.4) is 0 Å². The molecular weight excluding hydrogens is 428 g/mol. The van der Waals surface area contributed by atoms with Gasteiger partial charge in [0.05, 0.1) is 0 Å². The van der Waals surface area contributed by atoms with Crippen molar-refractivity contribution in [2.75, 3.05) is 0 Å². The molecule has 4 heteroatoms. The zero-order valence-electron chi connectivity index (χ0n) is 14.7. The maximum atomic E-state index is 3.76. The zero-order valence-corrected chi connectivity index (χ0v) is 18.8. The average Bonchev–Trinajstić information content (AvgIpc) is 3.18. The predicted octanol–water partition coefficient (Wildman–Crippen LogP) is 5.82. The molecule has 1 aromatic heterocycles. The predicted molar refractivity (Wildman–Crippen MR) is 113 cm³/mol. The molecule has 3 aromatic rings. The van der Waals surface area contributed by atoms with Gasteiger partial charge in [-0.05, 0) is 0 Å². The molecule has 0 spiro atoms. The molecule has 1 aliphatic carbocycles. The molecular formula is C21H24Cl2NZr. The summed E-state index contributed by atoms with van der Waals surface area (Å²) in [6.07, 6.45) is 4.78. The van der Waals surface area contributed by atoms with Crippen LogP contribution >= 0.6 is 24.8 Å². The van der Waals surface area contributed by atoms with Crippen LogP contribution in [0.2, 0.25) is 4.63 Å². The molecule has 0 bridgehead atoms. The molecule has 0 radical (unpaired) electrons. The van der Waals surface area contributed by atoms with E-state index in [0.717, 1.165) is 0 Å². The second-order valence-corrected chi connectivity index (χ2v) is 18.2. The Morgan fingerprint density at radius 2 is 1.64 bits per heavy atom. The second kappa shape index (κ2) is 7.74. The van der Waals surface area contributed by atoms with Gasteiger partial charge in [-0.2, -0.15) is 0 Å². The maximum absolute atomic E-state index is 3.76. The van der Waals surface area contributed by atoms with Crippen molar-refractivity contribution in [3.63, 3.8) is 0 Å². The summed E-state index contributed by atoms with van der Waals surface area (Å²) < 4.78 is 6.30. The van der Waals surface area contributed by atoms with E-state index in [1.807, 2.05) is 0 Å². The SMILES string of the molecule is C[C](C)=[Zr]([CH3])([c]1cc2ccccc2[nH]1)[CH]1C=Cc2ccccc21.Cl.Cl. The number of benzene rings is 2. The molecule has 0 saturated heterocycles. The summed E-state index contributed by atoms with van der Waals surface area (Å²) >= 11 is -2.75. The number of rotatable bonds is 2. The van der Waals surface area contributed by atoms with Crippen molar-refractivity contribution in [3.05, 3.63) is 71.8 Å². The van der Waals surface area contributed by atoms with Gasteiger partial charge in [-0.15, -0.1) is 24.8 Å². The first kappa shape index (κ1) is 20.4. The van der Waals surface area contributed by atoms with E-state index in [2.05, 4.69) is 90.2 Å². The minimum Gasteiger partial charge on any atom is -0.147 e. The zero-order chi connectivity index (χ0) is 16.0. The van der Waals surface area contributed by atoms with E-state index >= 15 is 0 Å². The number of para-hydroxylation sites is 1. The third-order valence-electron chi connectivity index (χ3n) is 5.55. The van der Waals surface area contributed by atoms with Gasteiger partial charge in [-0.1, -0.05) is 0 Å². The summed E-state index contributed by atoms with van der Waals surface area (Å²) in [5.74, 6) is 0. The fourth-order valence-electron chi connectivity index (χ4n) is 3.85. The molecule has 2 unspecified atom stereocenters. The quantitative estimate of drug-likeness (QED) is 0.504. The van der Waals surface area contributed by atoms with Crippen molar-refractivity contribution in [2.45, 2.75) is 22.1 Å². The van der Waals surface area contributed by atoms with Crippen LogP contribution in [0.25, 0.3) is 17.0 Å². The fraction of sp³-hybridized carbons (Fsp3) is 0.190. The van der Waals surface area contributed by atoms with E-state index in [9.17, 15) is 0 Å². The number of fused-ring (bicyclic) bond motifs is 2. The van der Waals surface area contributed by atoms with Crippen molar-refractivity contribution < 1.29 is 19.8 Å². The van der Waals surface area contributed by atoms with Crippen LogP contribution in [0, 0.1) is 0 Å². The number of nitrogens with one attached hydrogen (secondary N) is 1. The molecule has 4 rings (SSSR count). The van der Waals surface area contributed by atoms with E-state index < -0.39 is 19.8 Å². The third kappa shape index (κ3) is 3.25. The molecule has 0 aliphatic heterocycles. The molecule has 1 aliphatic rings. The van der Waals surface area contributed by atoms with Gasteiger partial charge >= 0.3 is 142 Å². The molecule has 25 heavy (non-hydrogen) atoms. The van der Waals surface area contributed by atoms with Crippen molar-refractivity contribution in [3.8, 4) is 0 Å². The van der Waals surface area contributed by atoms with E-state index in [4.69, 9.17) is 0 Å². The second-order valence-electron chi connectivity index (χ2n) is 6.94. The van der Waals surface area contributed by atoms with E-state index in [1.54, 1.807) is 3.21 Å². The van der Waals surface area contributed by atoms with Crippen LogP contribution in [-0.4, -0.2) is 8.19 Å². The Morgan fingerprint density at radius 1 is 0.960 bits per heavy atom. The first-order valence-corrected chi connectivity index (χ1v) is 14.6. The van der Waals surface area contributed by atoms with Gasteiger partial charge in [0.25, 0.3) is 0 Å². The number of aromatic nitrogens is 1. The van der Waals surface area contributed by atoms with Crippen LogP contribution in [0.4, 0.5) is 0 Å². The van der Waals surface area contributed by atoms with E-state index in [1.165, 1.54) is 25.4 Å². The molecule has 131 valence electrons. The smallest absolute Gasteiger partial charge is 0.147 e. The molecule has 2 aromatic carbocycles. The standard InChI is InChI=1S/C9H7.C8H6N.C3H6.CH3.2ClH.Zr/c1-2-5-9-7-3-6-8(9)4-1;1-2-4-8-7(3-1)5-6-9-8;1-3-2;;;;/h1-7H;1-5,9H;1-2H3;1H3;2*1H;. The Kier molecular flexibility index (Phi) is 6.31. The van der Waals surface area contributed by atoms with Crippen LogP contribution in [-0.2, 0) is 19.8 Å². The van der Waals surface area contributed by atoms with Crippen LogP contribution in [0.1, 0.15) is 28.6 Å². The topological polar surface area (TPSA) is 15.8 Å². The summed E-state index contributed by atoms with van der Waals surface area (Å²) in [6, 6.07) is 19.9. The van der Waals surface area contributed by atoms with Crippen molar-refractivity contribution in [1.29, 1.82) is 0 Å². The van der Waals surface area contributed by atoms with Crippen LogP contribution in [0.15, 0.2) is 60.7 Å². The van der Waals surface area contributed by atoms with Gasteiger partial charge in [0.2, 0.25) is 0 Å². The number of allylic oxidation sites excluding steroid dienone is 1. The van der Waals surface area contributed by atoms with Crippen molar-refractivity contribution >= 4 is 48.4 Å².